The van der Waals surface area contributed by atoms with Crippen molar-refractivity contribution in [2.24, 2.45) is 5.92 Å². The van der Waals surface area contributed by atoms with Crippen LogP contribution in [0.5, 0.6) is 0 Å². The summed E-state index contributed by atoms with van der Waals surface area (Å²) < 4.78 is 4.91. The van der Waals surface area contributed by atoms with Gasteiger partial charge in [0, 0.05) is 17.5 Å². The normalized spacial score (nSPS) is 15.0. The number of nitrogens with one attached hydrogen (secondary N) is 3. The average Bonchev–Trinajstić information content (AvgIpc) is 3.18. The highest BCUT2D eigenvalue weighted by atomic mass is 35.5. The predicted octanol–water partition coefficient (Wildman–Crippen LogP) is 1.49. The Hall–Kier alpha value is -3.63. The van der Waals surface area contributed by atoms with Gasteiger partial charge >= 0.3 is 5.97 Å². The summed E-state index contributed by atoms with van der Waals surface area (Å²) in [6.07, 6.45) is -0.202. The highest BCUT2D eigenvalue weighted by Gasteiger charge is 2.36. The summed E-state index contributed by atoms with van der Waals surface area (Å²) in [6, 6.07) is 12.4. The van der Waals surface area contributed by atoms with Gasteiger partial charge in [-0.2, -0.15) is 0 Å². The zero-order chi connectivity index (χ0) is 24.0. The highest BCUT2D eigenvalue weighted by Crippen LogP contribution is 2.23. The van der Waals surface area contributed by atoms with Crippen LogP contribution in [0.1, 0.15) is 27.1 Å². The monoisotopic (exact) mass is 492 g/mol. The number of hydrogen-bond donors (Lipinski definition) is 3. The van der Waals surface area contributed by atoms with Crippen molar-refractivity contribution in [2.45, 2.75) is 6.42 Å². The number of benzene rings is 2. The van der Waals surface area contributed by atoms with Crippen molar-refractivity contribution in [3.63, 3.8) is 0 Å². The lowest BCUT2D eigenvalue weighted by Gasteiger charge is -2.17. The Morgan fingerprint density at radius 2 is 1.67 bits per heavy atom. The van der Waals surface area contributed by atoms with Gasteiger partial charge in [-0.25, -0.2) is 0 Å². The number of ether oxygens (including phenoxy) is 1. The fourth-order valence-electron chi connectivity index (χ4n) is 2.88. The van der Waals surface area contributed by atoms with Gasteiger partial charge in [0.15, 0.2) is 6.61 Å². The van der Waals surface area contributed by atoms with E-state index in [1.807, 2.05) is 0 Å². The van der Waals surface area contributed by atoms with E-state index in [2.05, 4.69) is 16.3 Å². The standard InChI is InChI=1S/C21H18Cl2N4O6/c22-15-7-6-13(8-16(15)23)20(31)26-27-10-14(9-18(27)29)21(32)33-11-17(28)24-25-19(30)12-4-2-1-3-5-12/h1-8,14H,9-11H2,(H,24,28)(H,25,30)(H,26,31)/t14-/m0/s1. The quantitative estimate of drug-likeness (QED) is 0.413. The molecule has 172 valence electrons. The molecule has 0 aromatic heterocycles. The SMILES string of the molecule is O=C(COC(=O)[C@H]1CC(=O)N(NC(=O)c2ccc(Cl)c(Cl)c2)C1)NNC(=O)c1ccccc1. The summed E-state index contributed by atoms with van der Waals surface area (Å²) in [7, 11) is 0. The van der Waals surface area contributed by atoms with Crippen molar-refractivity contribution in [1.29, 1.82) is 0 Å². The summed E-state index contributed by atoms with van der Waals surface area (Å²) in [6.45, 7) is -0.786. The molecular weight excluding hydrogens is 475 g/mol. The largest absolute Gasteiger partial charge is 0.455 e. The Morgan fingerprint density at radius 3 is 2.36 bits per heavy atom. The molecule has 1 heterocycles. The second kappa shape index (κ2) is 10.8. The molecule has 1 atom stereocenters. The molecular formula is C21H18Cl2N4O6. The van der Waals surface area contributed by atoms with Crippen LogP contribution in [0.2, 0.25) is 10.0 Å². The summed E-state index contributed by atoms with van der Waals surface area (Å²) in [5.74, 6) is -4.07. The molecule has 10 nitrogen and oxygen atoms in total. The summed E-state index contributed by atoms with van der Waals surface area (Å²) in [4.78, 5) is 60.4. The zero-order valence-corrected chi connectivity index (χ0v) is 18.5. The smallest absolute Gasteiger partial charge is 0.311 e. The maximum absolute atomic E-state index is 12.3. The first-order valence-electron chi connectivity index (χ1n) is 9.62. The molecule has 12 heteroatoms. The van der Waals surface area contributed by atoms with Gasteiger partial charge in [0.25, 0.3) is 17.7 Å². The molecule has 4 amide bonds. The average molecular weight is 493 g/mol. The number of hydrogen-bond acceptors (Lipinski definition) is 6. The van der Waals surface area contributed by atoms with Crippen molar-refractivity contribution in [3.05, 3.63) is 69.7 Å². The Bertz CT molecular complexity index is 1100. The van der Waals surface area contributed by atoms with Gasteiger partial charge in [-0.05, 0) is 30.3 Å². The van der Waals surface area contributed by atoms with Crippen molar-refractivity contribution in [2.75, 3.05) is 13.2 Å². The molecule has 0 saturated carbocycles. The molecule has 1 aliphatic heterocycles. The van der Waals surface area contributed by atoms with Gasteiger partial charge in [0.2, 0.25) is 5.91 Å². The first kappa shape index (κ1) is 24.0. The van der Waals surface area contributed by atoms with E-state index >= 15 is 0 Å². The summed E-state index contributed by atoms with van der Waals surface area (Å²) >= 11 is 11.7. The van der Waals surface area contributed by atoms with E-state index in [1.54, 1.807) is 30.3 Å². The molecule has 0 unspecified atom stereocenters. The second-order valence-corrected chi connectivity index (χ2v) is 7.77. The van der Waals surface area contributed by atoms with Crippen LogP contribution < -0.4 is 16.3 Å². The minimum atomic E-state index is -0.877. The van der Waals surface area contributed by atoms with Crippen molar-refractivity contribution in [3.8, 4) is 0 Å². The fraction of sp³-hybridized carbons (Fsp3) is 0.190. The van der Waals surface area contributed by atoms with Gasteiger partial charge in [-0.1, -0.05) is 41.4 Å². The van der Waals surface area contributed by atoms with Crippen molar-refractivity contribution >= 4 is 52.8 Å². The number of hydrazine groups is 2. The molecule has 3 rings (SSSR count). The minimum absolute atomic E-state index is 0.128. The summed E-state index contributed by atoms with van der Waals surface area (Å²) in [5.41, 5.74) is 7.23. The second-order valence-electron chi connectivity index (χ2n) is 6.95. The first-order chi connectivity index (χ1) is 15.7. The van der Waals surface area contributed by atoms with E-state index in [-0.39, 0.29) is 28.6 Å². The number of nitrogens with zero attached hydrogens (tertiary/aromatic N) is 1. The molecule has 1 aliphatic rings. The molecule has 0 aliphatic carbocycles. The molecule has 33 heavy (non-hydrogen) atoms. The third-order valence-corrected chi connectivity index (χ3v) is 5.31. The lowest BCUT2D eigenvalue weighted by molar-refractivity contribution is -0.152. The van der Waals surface area contributed by atoms with Gasteiger partial charge in [-0.3, -0.25) is 45.3 Å². The number of rotatable bonds is 6. The van der Waals surface area contributed by atoms with E-state index in [9.17, 15) is 24.0 Å². The Balaban J connectivity index is 1.43. The molecule has 3 N–H and O–H groups in total. The first-order valence-corrected chi connectivity index (χ1v) is 10.4. The maximum Gasteiger partial charge on any atom is 0.311 e. The molecule has 1 fully saturated rings. The zero-order valence-electron chi connectivity index (χ0n) is 17.0. The van der Waals surface area contributed by atoms with E-state index in [0.717, 1.165) is 5.01 Å². The van der Waals surface area contributed by atoms with Crippen molar-refractivity contribution in [1.82, 2.24) is 21.3 Å². The molecule has 2 aromatic rings. The molecule has 0 spiro atoms. The number of carbonyl (C=O) groups is 5. The molecule has 2 aromatic carbocycles. The topological polar surface area (TPSA) is 134 Å². The van der Waals surface area contributed by atoms with Gasteiger partial charge in [-0.15, -0.1) is 0 Å². The highest BCUT2D eigenvalue weighted by molar-refractivity contribution is 6.42. The van der Waals surface area contributed by atoms with E-state index in [1.165, 1.54) is 18.2 Å². The Kier molecular flexibility index (Phi) is 7.86. The van der Waals surface area contributed by atoms with Crippen LogP contribution in [0.3, 0.4) is 0 Å². The van der Waals surface area contributed by atoms with E-state index < -0.39 is 42.1 Å². The van der Waals surface area contributed by atoms with Crippen LogP contribution in [0, 0.1) is 5.92 Å². The lowest BCUT2D eigenvalue weighted by Crippen LogP contribution is -2.44. The number of carbonyl (C=O) groups excluding carboxylic acids is 5. The van der Waals surface area contributed by atoms with E-state index in [0.29, 0.717) is 5.56 Å². The summed E-state index contributed by atoms with van der Waals surface area (Å²) in [5, 5.41) is 1.45. The molecule has 1 saturated heterocycles. The number of halogens is 2. The van der Waals surface area contributed by atoms with Crippen LogP contribution in [-0.2, 0) is 19.1 Å². The molecule has 0 radical (unpaired) electrons. The maximum atomic E-state index is 12.3. The van der Waals surface area contributed by atoms with Crippen LogP contribution in [0.25, 0.3) is 0 Å². The Morgan fingerprint density at radius 1 is 0.939 bits per heavy atom. The number of amides is 4. The molecule has 0 bridgehead atoms. The van der Waals surface area contributed by atoms with Crippen molar-refractivity contribution < 1.29 is 28.7 Å². The number of esters is 1. The fourth-order valence-corrected chi connectivity index (χ4v) is 3.17. The third-order valence-electron chi connectivity index (χ3n) is 4.57. The minimum Gasteiger partial charge on any atom is -0.455 e. The van der Waals surface area contributed by atoms with Crippen LogP contribution in [0.4, 0.5) is 0 Å². The lowest BCUT2D eigenvalue weighted by atomic mass is 10.1. The third kappa shape index (κ3) is 6.43. The van der Waals surface area contributed by atoms with Gasteiger partial charge < -0.3 is 4.74 Å². The predicted molar refractivity (Wildman–Crippen MR) is 117 cm³/mol. The van der Waals surface area contributed by atoms with Gasteiger partial charge in [0.05, 0.1) is 22.5 Å². The van der Waals surface area contributed by atoms with Crippen LogP contribution in [0.15, 0.2) is 48.5 Å². The van der Waals surface area contributed by atoms with Crippen LogP contribution in [-0.4, -0.2) is 47.8 Å². The van der Waals surface area contributed by atoms with Gasteiger partial charge in [0.1, 0.15) is 0 Å². The van der Waals surface area contributed by atoms with E-state index in [4.69, 9.17) is 27.9 Å². The van der Waals surface area contributed by atoms with Crippen LogP contribution >= 0.6 is 23.2 Å². The Labute approximate surface area is 198 Å².